The molecule has 2 heterocycles. The van der Waals surface area contributed by atoms with Crippen LogP contribution in [0.5, 0.6) is 0 Å². The highest BCUT2D eigenvalue weighted by Gasteiger charge is 2.44. The lowest BCUT2D eigenvalue weighted by molar-refractivity contribution is -0.205. The Morgan fingerprint density at radius 2 is 1.85 bits per heavy atom. The van der Waals surface area contributed by atoms with Crippen LogP contribution in [0.4, 0.5) is 43.7 Å². The number of anilines is 3. The van der Waals surface area contributed by atoms with Gasteiger partial charge >= 0.3 is 12.4 Å². The molecule has 40 heavy (non-hydrogen) atoms. The third kappa shape index (κ3) is 6.32. The number of halogens is 9. The molecule has 4 rings (SSSR count). The Hall–Kier alpha value is -2.61. The van der Waals surface area contributed by atoms with Gasteiger partial charge in [-0.2, -0.15) is 26.3 Å². The summed E-state index contributed by atoms with van der Waals surface area (Å²) in [6.45, 7) is -0.242. The van der Waals surface area contributed by atoms with Gasteiger partial charge in [-0.3, -0.25) is 4.79 Å². The molecular formula is C24H22Cl3F6N5O2. The van der Waals surface area contributed by atoms with Gasteiger partial charge in [-0.1, -0.05) is 40.9 Å². The van der Waals surface area contributed by atoms with Crippen molar-refractivity contribution in [1.29, 1.82) is 0 Å². The fourth-order valence-corrected chi connectivity index (χ4v) is 5.21. The summed E-state index contributed by atoms with van der Waals surface area (Å²) in [7, 11) is 1.65. The Kier molecular flexibility index (Phi) is 8.61. The molecule has 7 nitrogen and oxygen atoms in total. The number of aromatic nitrogens is 2. The molecule has 1 aliphatic rings. The van der Waals surface area contributed by atoms with Crippen LogP contribution in [-0.2, 0) is 18.4 Å². The molecule has 1 fully saturated rings. The molecule has 0 radical (unpaired) electrons. The largest absolute Gasteiger partial charge is 0.423 e. The molecule has 0 bridgehead atoms. The van der Waals surface area contributed by atoms with Crippen molar-refractivity contribution < 1.29 is 36.2 Å². The van der Waals surface area contributed by atoms with Crippen molar-refractivity contribution in [2.45, 2.75) is 37.8 Å². The summed E-state index contributed by atoms with van der Waals surface area (Å²) in [5.41, 5.74) is 1.75. The molecule has 0 aliphatic carbocycles. The van der Waals surface area contributed by atoms with Crippen LogP contribution in [0.1, 0.15) is 18.4 Å². The van der Waals surface area contributed by atoms with Gasteiger partial charge in [-0.25, -0.2) is 4.98 Å². The summed E-state index contributed by atoms with van der Waals surface area (Å²) in [6, 6.07) is 5.98. The Morgan fingerprint density at radius 1 is 1.15 bits per heavy atom. The molecule has 1 aliphatic heterocycles. The van der Waals surface area contributed by atoms with Crippen molar-refractivity contribution in [3.63, 3.8) is 0 Å². The zero-order valence-corrected chi connectivity index (χ0v) is 22.9. The normalized spacial score (nSPS) is 17.3. The minimum atomic E-state index is -5.13. The lowest BCUT2D eigenvalue weighted by Crippen LogP contribution is -2.43. The number of hydrogen-bond acceptors (Lipinski definition) is 5. The molecule has 1 aromatic heterocycles. The first-order valence-corrected chi connectivity index (χ1v) is 12.9. The number of benzene rings is 2. The zero-order valence-electron chi connectivity index (χ0n) is 20.6. The van der Waals surface area contributed by atoms with Crippen LogP contribution in [0, 0.1) is 5.92 Å². The minimum Gasteiger partial charge on any atom is -0.376 e. The first kappa shape index (κ1) is 30.4. The van der Waals surface area contributed by atoms with Crippen LogP contribution < -0.4 is 15.5 Å². The molecule has 2 aromatic carbocycles. The van der Waals surface area contributed by atoms with E-state index in [1.54, 1.807) is 22.6 Å². The Morgan fingerprint density at radius 3 is 2.50 bits per heavy atom. The van der Waals surface area contributed by atoms with E-state index in [-0.39, 0.29) is 45.2 Å². The van der Waals surface area contributed by atoms with Gasteiger partial charge in [-0.05, 0) is 36.6 Å². The lowest BCUT2D eigenvalue weighted by Gasteiger charge is -2.35. The summed E-state index contributed by atoms with van der Waals surface area (Å²) in [5, 5.41) is 14.4. The summed E-state index contributed by atoms with van der Waals surface area (Å²) < 4.78 is 79.4. The number of aliphatic hydroxyl groups excluding tert-OH is 1. The minimum absolute atomic E-state index is 0.0217. The van der Waals surface area contributed by atoms with E-state index < -0.39 is 36.8 Å². The smallest absolute Gasteiger partial charge is 0.376 e. The van der Waals surface area contributed by atoms with Gasteiger partial charge < -0.3 is 25.2 Å². The summed E-state index contributed by atoms with van der Waals surface area (Å²) in [4.78, 5) is 17.7. The van der Waals surface area contributed by atoms with E-state index in [1.807, 2.05) is 5.32 Å². The third-order valence-corrected chi connectivity index (χ3v) is 7.64. The molecule has 2 atom stereocenters. The maximum atomic E-state index is 13.3. The van der Waals surface area contributed by atoms with E-state index in [9.17, 15) is 31.1 Å². The van der Waals surface area contributed by atoms with Gasteiger partial charge in [0.25, 0.3) is 5.91 Å². The van der Waals surface area contributed by atoms with Crippen molar-refractivity contribution in [2.75, 3.05) is 23.3 Å². The van der Waals surface area contributed by atoms with Crippen molar-refractivity contribution in [2.24, 2.45) is 13.0 Å². The molecule has 3 N–H and O–H groups in total. The van der Waals surface area contributed by atoms with Crippen LogP contribution in [0.25, 0.3) is 11.0 Å². The molecule has 1 saturated heterocycles. The Labute approximate surface area is 239 Å². The molecule has 2 unspecified atom stereocenters. The number of carbonyl (C=O) groups excluding carboxylic acids is 1. The summed E-state index contributed by atoms with van der Waals surface area (Å²) in [6.07, 6.45) is -12.2. The predicted molar refractivity (Wildman–Crippen MR) is 140 cm³/mol. The lowest BCUT2D eigenvalue weighted by atomic mass is 9.97. The van der Waals surface area contributed by atoms with Crippen LogP contribution in [-0.4, -0.2) is 52.1 Å². The maximum Gasteiger partial charge on any atom is 0.423 e. The number of nitrogens with zero attached hydrogens (tertiary/aromatic N) is 3. The van der Waals surface area contributed by atoms with Crippen LogP contribution in [0.15, 0.2) is 24.3 Å². The van der Waals surface area contributed by atoms with Crippen molar-refractivity contribution in [1.82, 2.24) is 14.9 Å². The molecule has 1 amide bonds. The van der Waals surface area contributed by atoms with Crippen LogP contribution in [0.3, 0.4) is 0 Å². The van der Waals surface area contributed by atoms with Gasteiger partial charge in [0.1, 0.15) is 0 Å². The van der Waals surface area contributed by atoms with Gasteiger partial charge in [0.15, 0.2) is 0 Å². The number of carbonyl (C=O) groups is 1. The van der Waals surface area contributed by atoms with Gasteiger partial charge in [0.2, 0.25) is 12.1 Å². The number of rotatable bonds is 6. The highest BCUT2D eigenvalue weighted by Crippen LogP contribution is 2.40. The fraction of sp³-hybridized carbons (Fsp3) is 0.417. The maximum absolute atomic E-state index is 13.3. The number of amides is 1. The molecular weight excluding hydrogens is 611 g/mol. The highest BCUT2D eigenvalue weighted by molar-refractivity contribution is 6.39. The quantitative estimate of drug-likeness (QED) is 0.267. The van der Waals surface area contributed by atoms with Gasteiger partial charge in [0, 0.05) is 26.7 Å². The number of aryl methyl sites for hydroxylation is 1. The van der Waals surface area contributed by atoms with Crippen molar-refractivity contribution in [3.05, 3.63) is 44.9 Å². The third-order valence-electron chi connectivity index (χ3n) is 6.59. The fourth-order valence-electron chi connectivity index (χ4n) is 4.41. The molecule has 0 spiro atoms. The molecule has 0 saturated carbocycles. The number of hydrogen-bond donors (Lipinski definition) is 3. The number of fused-ring (bicyclic) bond motifs is 1. The number of piperidine rings is 1. The predicted octanol–water partition coefficient (Wildman–Crippen LogP) is 6.60. The second-order valence-corrected chi connectivity index (χ2v) is 10.5. The molecule has 218 valence electrons. The first-order valence-electron chi connectivity index (χ1n) is 11.8. The standard InChI is InChI=1S/C24H22Cl3F6N5O2/c1-37-17-8-16(38-6-2-3-12(10-38)23(28,29)30)14(26)7-15(17)35-22(37)36-19-13(25)5-4-11(18(19)27)9-34-21(40)20(39)24(31,32)33/h4-5,7-8,12,20,39H,2-3,6,9-10H2,1H3,(H,34,40)(H,35,36). The number of nitrogens with one attached hydrogen (secondary N) is 2. The Bertz CT molecular complexity index is 1430. The van der Waals surface area contributed by atoms with E-state index in [0.717, 1.165) is 0 Å². The second-order valence-electron chi connectivity index (χ2n) is 9.30. The molecule has 3 aromatic rings. The monoisotopic (exact) mass is 631 g/mol. The summed E-state index contributed by atoms with van der Waals surface area (Å²) >= 11 is 19.2. The highest BCUT2D eigenvalue weighted by atomic mass is 35.5. The second kappa shape index (κ2) is 11.3. The van der Waals surface area contributed by atoms with E-state index in [4.69, 9.17) is 39.9 Å². The first-order chi connectivity index (χ1) is 18.6. The van der Waals surface area contributed by atoms with Crippen LogP contribution in [0.2, 0.25) is 15.1 Å². The number of imidazole rings is 1. The van der Waals surface area contributed by atoms with E-state index in [1.165, 1.54) is 18.2 Å². The zero-order chi connectivity index (χ0) is 29.6. The average Bonchev–Trinajstić information content (AvgIpc) is 3.17. The summed E-state index contributed by atoms with van der Waals surface area (Å²) in [5.74, 6) is -2.88. The van der Waals surface area contributed by atoms with Crippen molar-refractivity contribution in [3.8, 4) is 0 Å². The van der Waals surface area contributed by atoms with Gasteiger partial charge in [-0.15, -0.1) is 0 Å². The number of aliphatic hydroxyl groups is 1. The van der Waals surface area contributed by atoms with E-state index >= 15 is 0 Å². The van der Waals surface area contributed by atoms with E-state index in [2.05, 4.69) is 10.3 Å². The van der Waals surface area contributed by atoms with Gasteiger partial charge in [0.05, 0.1) is 43.4 Å². The Balaban J connectivity index is 1.59. The van der Waals surface area contributed by atoms with Crippen LogP contribution >= 0.6 is 34.8 Å². The van der Waals surface area contributed by atoms with E-state index in [0.29, 0.717) is 29.7 Å². The SMILES string of the molecule is Cn1c(Nc2c(Cl)ccc(CNC(=O)C(O)C(F)(F)F)c2Cl)nc2cc(Cl)c(N3CCCC(C(F)(F)F)C3)cc21. The number of alkyl halides is 6. The van der Waals surface area contributed by atoms with Crippen molar-refractivity contribution >= 4 is 69.1 Å². The molecule has 16 heteroatoms. The topological polar surface area (TPSA) is 82.4 Å². The average molecular weight is 633 g/mol.